The molecule has 1 aliphatic heterocycles. The predicted octanol–water partition coefficient (Wildman–Crippen LogP) is 0.304. The van der Waals surface area contributed by atoms with Gasteiger partial charge in [0.2, 0.25) is 5.91 Å². The standard InChI is InChI=1S/C13H21N3O4/c17-11-8-16(10(7-14-11)12(18)19)13(20)15-9-5-3-1-2-4-6-9/h9-10H,1-8H2,(H,14,17)(H,15,20)(H,18,19). The van der Waals surface area contributed by atoms with Crippen LogP contribution in [0.1, 0.15) is 38.5 Å². The second-order valence-electron chi connectivity index (χ2n) is 5.42. The van der Waals surface area contributed by atoms with Gasteiger partial charge in [-0.1, -0.05) is 25.7 Å². The molecule has 2 aliphatic rings. The summed E-state index contributed by atoms with van der Waals surface area (Å²) in [5.74, 6) is -1.42. The summed E-state index contributed by atoms with van der Waals surface area (Å²) in [6, 6.07) is -1.35. The molecule has 112 valence electrons. The molecule has 1 saturated carbocycles. The predicted molar refractivity (Wildman–Crippen MR) is 71.2 cm³/mol. The lowest BCUT2D eigenvalue weighted by Crippen LogP contribution is -2.62. The molecule has 7 heteroatoms. The number of nitrogens with zero attached hydrogens (tertiary/aromatic N) is 1. The third-order valence-corrected chi connectivity index (χ3v) is 3.91. The van der Waals surface area contributed by atoms with E-state index in [1.54, 1.807) is 0 Å². The number of piperazine rings is 1. The van der Waals surface area contributed by atoms with Gasteiger partial charge in [0.1, 0.15) is 12.6 Å². The van der Waals surface area contributed by atoms with Crippen molar-refractivity contribution in [3.05, 3.63) is 0 Å². The van der Waals surface area contributed by atoms with Crippen LogP contribution in [0, 0.1) is 0 Å². The van der Waals surface area contributed by atoms with E-state index >= 15 is 0 Å². The van der Waals surface area contributed by atoms with Crippen LogP contribution >= 0.6 is 0 Å². The van der Waals surface area contributed by atoms with Gasteiger partial charge in [-0.2, -0.15) is 0 Å². The number of aliphatic carboxylic acids is 1. The van der Waals surface area contributed by atoms with Crippen LogP contribution in [0.15, 0.2) is 0 Å². The first-order valence-corrected chi connectivity index (χ1v) is 7.14. The minimum absolute atomic E-state index is 0.0355. The van der Waals surface area contributed by atoms with Gasteiger partial charge in [-0.15, -0.1) is 0 Å². The van der Waals surface area contributed by atoms with E-state index in [4.69, 9.17) is 5.11 Å². The first-order chi connectivity index (χ1) is 9.58. The molecule has 7 nitrogen and oxygen atoms in total. The molecule has 1 saturated heterocycles. The Morgan fingerprint density at radius 2 is 1.85 bits per heavy atom. The molecule has 2 fully saturated rings. The largest absolute Gasteiger partial charge is 0.480 e. The summed E-state index contributed by atoms with van der Waals surface area (Å²) in [5, 5.41) is 14.5. The lowest BCUT2D eigenvalue weighted by atomic mass is 10.1. The van der Waals surface area contributed by atoms with Gasteiger partial charge in [0, 0.05) is 12.6 Å². The maximum atomic E-state index is 12.2. The van der Waals surface area contributed by atoms with Gasteiger partial charge in [0.25, 0.3) is 0 Å². The number of urea groups is 1. The zero-order valence-corrected chi connectivity index (χ0v) is 11.4. The summed E-state index contributed by atoms with van der Waals surface area (Å²) < 4.78 is 0. The highest BCUT2D eigenvalue weighted by molar-refractivity contribution is 5.90. The van der Waals surface area contributed by atoms with E-state index in [2.05, 4.69) is 10.6 Å². The molecule has 1 aliphatic carbocycles. The van der Waals surface area contributed by atoms with Gasteiger partial charge in [-0.05, 0) is 12.8 Å². The molecule has 0 bridgehead atoms. The number of carbonyl (C=O) groups is 3. The number of carboxylic acid groups (broad SMARTS) is 1. The van der Waals surface area contributed by atoms with Crippen molar-refractivity contribution < 1.29 is 19.5 Å². The van der Waals surface area contributed by atoms with Gasteiger partial charge >= 0.3 is 12.0 Å². The number of amides is 3. The van der Waals surface area contributed by atoms with Crippen LogP contribution in [0.4, 0.5) is 4.79 Å². The van der Waals surface area contributed by atoms with Crippen LogP contribution in [-0.2, 0) is 9.59 Å². The second kappa shape index (κ2) is 6.58. The van der Waals surface area contributed by atoms with Crippen LogP contribution in [0.5, 0.6) is 0 Å². The van der Waals surface area contributed by atoms with Gasteiger partial charge in [0.15, 0.2) is 0 Å². The summed E-state index contributed by atoms with van der Waals surface area (Å²) in [5.41, 5.74) is 0. The molecule has 3 N–H and O–H groups in total. The summed E-state index contributed by atoms with van der Waals surface area (Å²) in [6.07, 6.45) is 6.35. The Balaban J connectivity index is 1.97. The molecule has 0 spiro atoms. The smallest absolute Gasteiger partial charge is 0.328 e. The number of carboxylic acids is 1. The lowest BCUT2D eigenvalue weighted by Gasteiger charge is -2.33. The van der Waals surface area contributed by atoms with Crippen molar-refractivity contribution in [1.29, 1.82) is 0 Å². The quantitative estimate of drug-likeness (QED) is 0.635. The Morgan fingerprint density at radius 3 is 2.45 bits per heavy atom. The van der Waals surface area contributed by atoms with Crippen molar-refractivity contribution in [2.45, 2.75) is 50.6 Å². The fraction of sp³-hybridized carbons (Fsp3) is 0.769. The highest BCUT2D eigenvalue weighted by Gasteiger charge is 2.35. The first kappa shape index (κ1) is 14.6. The molecule has 0 aromatic rings. The van der Waals surface area contributed by atoms with Crippen LogP contribution in [0.25, 0.3) is 0 Å². The van der Waals surface area contributed by atoms with Crippen LogP contribution in [0.2, 0.25) is 0 Å². The number of carbonyl (C=O) groups excluding carboxylic acids is 2. The molecular weight excluding hydrogens is 262 g/mol. The fourth-order valence-electron chi connectivity index (χ4n) is 2.76. The SMILES string of the molecule is O=C1CN(C(=O)NC2CCCCCC2)C(C(=O)O)CN1. The van der Waals surface area contributed by atoms with Crippen LogP contribution < -0.4 is 10.6 Å². The van der Waals surface area contributed by atoms with Gasteiger partial charge in [-0.3, -0.25) is 9.69 Å². The Kier molecular flexibility index (Phi) is 4.81. The minimum Gasteiger partial charge on any atom is -0.480 e. The Bertz CT molecular complexity index is 391. The Labute approximate surface area is 117 Å². The maximum absolute atomic E-state index is 12.2. The van der Waals surface area contributed by atoms with E-state index in [9.17, 15) is 14.4 Å². The Hall–Kier alpha value is -1.79. The van der Waals surface area contributed by atoms with E-state index in [1.165, 1.54) is 12.8 Å². The monoisotopic (exact) mass is 283 g/mol. The molecule has 1 unspecified atom stereocenters. The van der Waals surface area contributed by atoms with Crippen molar-refractivity contribution in [1.82, 2.24) is 15.5 Å². The highest BCUT2D eigenvalue weighted by Crippen LogP contribution is 2.17. The number of hydrogen-bond acceptors (Lipinski definition) is 3. The lowest BCUT2D eigenvalue weighted by molar-refractivity contribution is -0.144. The zero-order valence-electron chi connectivity index (χ0n) is 11.4. The molecular formula is C13H21N3O4. The summed E-state index contributed by atoms with van der Waals surface area (Å²) in [7, 11) is 0. The topological polar surface area (TPSA) is 98.7 Å². The van der Waals surface area contributed by atoms with Crippen molar-refractivity contribution in [2.75, 3.05) is 13.1 Å². The highest BCUT2D eigenvalue weighted by atomic mass is 16.4. The normalized spacial score (nSPS) is 24.7. The van der Waals surface area contributed by atoms with E-state index in [0.29, 0.717) is 0 Å². The van der Waals surface area contributed by atoms with Crippen molar-refractivity contribution >= 4 is 17.9 Å². The molecule has 3 amide bonds. The molecule has 1 heterocycles. The van der Waals surface area contributed by atoms with Crippen molar-refractivity contribution in [2.24, 2.45) is 0 Å². The molecule has 1 atom stereocenters. The second-order valence-corrected chi connectivity index (χ2v) is 5.42. The summed E-state index contributed by atoms with van der Waals surface area (Å²) >= 11 is 0. The summed E-state index contributed by atoms with van der Waals surface area (Å²) in [4.78, 5) is 35.8. The van der Waals surface area contributed by atoms with Gasteiger partial charge in [-0.25, -0.2) is 9.59 Å². The molecule has 2 rings (SSSR count). The molecule has 0 radical (unpaired) electrons. The van der Waals surface area contributed by atoms with E-state index < -0.39 is 18.0 Å². The third kappa shape index (κ3) is 3.61. The van der Waals surface area contributed by atoms with Crippen molar-refractivity contribution in [3.8, 4) is 0 Å². The average Bonchev–Trinajstić information content (AvgIpc) is 2.66. The molecule has 20 heavy (non-hydrogen) atoms. The van der Waals surface area contributed by atoms with E-state index in [0.717, 1.165) is 30.6 Å². The fourth-order valence-corrected chi connectivity index (χ4v) is 2.76. The van der Waals surface area contributed by atoms with Crippen LogP contribution in [0.3, 0.4) is 0 Å². The minimum atomic E-state index is -1.10. The third-order valence-electron chi connectivity index (χ3n) is 3.91. The first-order valence-electron chi connectivity index (χ1n) is 7.14. The number of hydrogen-bond donors (Lipinski definition) is 3. The molecule has 0 aromatic heterocycles. The van der Waals surface area contributed by atoms with E-state index in [-0.39, 0.29) is 25.0 Å². The Morgan fingerprint density at radius 1 is 1.20 bits per heavy atom. The molecule has 0 aromatic carbocycles. The zero-order chi connectivity index (χ0) is 14.5. The van der Waals surface area contributed by atoms with Gasteiger partial charge in [0.05, 0.1) is 0 Å². The summed E-state index contributed by atoms with van der Waals surface area (Å²) in [6.45, 7) is -0.234. The van der Waals surface area contributed by atoms with E-state index in [1.807, 2.05) is 0 Å². The average molecular weight is 283 g/mol. The number of rotatable bonds is 2. The maximum Gasteiger partial charge on any atom is 0.328 e. The van der Waals surface area contributed by atoms with Crippen molar-refractivity contribution in [3.63, 3.8) is 0 Å². The number of nitrogens with one attached hydrogen (secondary N) is 2. The van der Waals surface area contributed by atoms with Crippen LogP contribution in [-0.4, -0.2) is 53.1 Å². The van der Waals surface area contributed by atoms with Gasteiger partial charge < -0.3 is 15.7 Å².